The van der Waals surface area contributed by atoms with E-state index in [4.69, 9.17) is 23.2 Å². The lowest BCUT2D eigenvalue weighted by Crippen LogP contribution is -2.29. The third-order valence-electron chi connectivity index (χ3n) is 2.21. The van der Waals surface area contributed by atoms with Crippen molar-refractivity contribution in [3.05, 3.63) is 56.7 Å². The first-order valence-electron chi connectivity index (χ1n) is 5.19. The van der Waals surface area contributed by atoms with Gasteiger partial charge in [-0.3, -0.25) is 15.6 Å². The van der Waals surface area contributed by atoms with Gasteiger partial charge in [0.05, 0.1) is 11.3 Å². The molecule has 2 N–H and O–H groups in total. The number of hydrogen-bond acceptors (Lipinski definition) is 3. The van der Waals surface area contributed by atoms with E-state index in [1.165, 1.54) is 6.20 Å². The Kier molecular flexibility index (Phi) is 4.63. The molecule has 0 aliphatic carbocycles. The molecule has 1 amide bonds. The largest absolute Gasteiger partial charge is 0.298 e. The Hall–Kier alpha value is -1.30. The van der Waals surface area contributed by atoms with Crippen molar-refractivity contribution in [2.24, 2.45) is 0 Å². The molecule has 4 nitrogen and oxygen atoms in total. The summed E-state index contributed by atoms with van der Waals surface area (Å²) < 4.78 is 0.675. The minimum absolute atomic E-state index is 0.138. The van der Waals surface area contributed by atoms with Gasteiger partial charge in [0.1, 0.15) is 5.15 Å². The molecule has 98 valence electrons. The first-order chi connectivity index (χ1) is 9.06. The SMILES string of the molecule is O=C(NNc1ccc(Cl)cc1)c1cc(Br)cnc1Cl. The summed E-state index contributed by atoms with van der Waals surface area (Å²) in [6, 6.07) is 8.49. The molecule has 0 unspecified atom stereocenters. The molecule has 0 bridgehead atoms. The Morgan fingerprint density at radius 3 is 2.58 bits per heavy atom. The van der Waals surface area contributed by atoms with Gasteiger partial charge in [0, 0.05) is 15.7 Å². The van der Waals surface area contributed by atoms with Crippen molar-refractivity contribution in [2.45, 2.75) is 0 Å². The number of rotatable bonds is 3. The number of halogens is 3. The highest BCUT2D eigenvalue weighted by atomic mass is 79.9. The van der Waals surface area contributed by atoms with E-state index in [-0.39, 0.29) is 16.6 Å². The second-order valence-electron chi connectivity index (χ2n) is 3.58. The van der Waals surface area contributed by atoms with Crippen LogP contribution in [0.5, 0.6) is 0 Å². The molecule has 0 aliphatic heterocycles. The van der Waals surface area contributed by atoms with Gasteiger partial charge < -0.3 is 0 Å². The predicted octanol–water partition coefficient (Wildman–Crippen LogP) is 3.91. The average molecular weight is 361 g/mol. The molecular weight excluding hydrogens is 353 g/mol. The van der Waals surface area contributed by atoms with Crippen molar-refractivity contribution < 1.29 is 4.79 Å². The monoisotopic (exact) mass is 359 g/mol. The van der Waals surface area contributed by atoms with E-state index in [2.05, 4.69) is 31.8 Å². The minimum atomic E-state index is -0.381. The van der Waals surface area contributed by atoms with Gasteiger partial charge in [0.25, 0.3) is 5.91 Å². The number of carbonyl (C=O) groups is 1. The second kappa shape index (κ2) is 6.23. The van der Waals surface area contributed by atoms with E-state index in [1.54, 1.807) is 30.3 Å². The van der Waals surface area contributed by atoms with Crippen LogP contribution < -0.4 is 10.9 Å². The lowest BCUT2D eigenvalue weighted by molar-refractivity contribution is 0.0962. The summed E-state index contributed by atoms with van der Waals surface area (Å²) in [7, 11) is 0. The summed E-state index contributed by atoms with van der Waals surface area (Å²) in [6.07, 6.45) is 1.52. The van der Waals surface area contributed by atoms with Crippen LogP contribution in [0.15, 0.2) is 41.0 Å². The molecule has 7 heteroatoms. The molecule has 1 heterocycles. The number of carbonyl (C=O) groups excluding carboxylic acids is 1. The highest BCUT2D eigenvalue weighted by Crippen LogP contribution is 2.18. The van der Waals surface area contributed by atoms with Gasteiger partial charge >= 0.3 is 0 Å². The predicted molar refractivity (Wildman–Crippen MR) is 79.5 cm³/mol. The molecule has 19 heavy (non-hydrogen) atoms. The molecule has 0 radical (unpaired) electrons. The number of nitrogens with zero attached hydrogens (tertiary/aromatic N) is 1. The van der Waals surface area contributed by atoms with Crippen LogP contribution in [-0.4, -0.2) is 10.9 Å². The number of hydrazine groups is 1. The standard InChI is InChI=1S/C12H8BrCl2N3O/c13-7-5-10(11(15)16-6-7)12(19)18-17-9-3-1-8(14)2-4-9/h1-6,17H,(H,18,19). The molecule has 0 saturated heterocycles. The normalized spacial score (nSPS) is 10.1. The zero-order chi connectivity index (χ0) is 13.8. The van der Waals surface area contributed by atoms with E-state index < -0.39 is 0 Å². The maximum absolute atomic E-state index is 11.9. The topological polar surface area (TPSA) is 54.0 Å². The fraction of sp³-hybridized carbons (Fsp3) is 0. The van der Waals surface area contributed by atoms with Crippen molar-refractivity contribution in [3.8, 4) is 0 Å². The smallest absolute Gasteiger partial charge is 0.272 e. The lowest BCUT2D eigenvalue weighted by atomic mass is 10.3. The molecule has 0 saturated carbocycles. The zero-order valence-electron chi connectivity index (χ0n) is 9.45. The summed E-state index contributed by atoms with van der Waals surface area (Å²) in [5, 5.41) is 0.759. The second-order valence-corrected chi connectivity index (χ2v) is 5.29. The highest BCUT2D eigenvalue weighted by molar-refractivity contribution is 9.10. The first kappa shape index (κ1) is 14.1. The molecule has 2 rings (SSSR count). The molecule has 0 aliphatic rings. The first-order valence-corrected chi connectivity index (χ1v) is 6.74. The summed E-state index contributed by atoms with van der Waals surface area (Å²) in [5.74, 6) is -0.381. The molecule has 0 spiro atoms. The minimum Gasteiger partial charge on any atom is -0.298 e. The maximum atomic E-state index is 11.9. The van der Waals surface area contributed by atoms with E-state index in [0.29, 0.717) is 15.2 Å². The third-order valence-corrected chi connectivity index (χ3v) is 3.20. The Morgan fingerprint density at radius 1 is 1.21 bits per heavy atom. The number of anilines is 1. The van der Waals surface area contributed by atoms with E-state index in [9.17, 15) is 4.79 Å². The zero-order valence-corrected chi connectivity index (χ0v) is 12.6. The van der Waals surface area contributed by atoms with Crippen LogP contribution >= 0.6 is 39.1 Å². The molecule has 1 aromatic carbocycles. The van der Waals surface area contributed by atoms with Gasteiger partial charge in [-0.1, -0.05) is 23.2 Å². The van der Waals surface area contributed by atoms with Crippen LogP contribution in [0, 0.1) is 0 Å². The number of benzene rings is 1. The van der Waals surface area contributed by atoms with Crippen LogP contribution in [0.2, 0.25) is 10.2 Å². The number of pyridine rings is 1. The third kappa shape index (κ3) is 3.83. The van der Waals surface area contributed by atoms with E-state index in [1.807, 2.05) is 0 Å². The van der Waals surface area contributed by atoms with Crippen molar-refractivity contribution in [2.75, 3.05) is 5.43 Å². The van der Waals surface area contributed by atoms with Gasteiger partial charge in [-0.05, 0) is 46.3 Å². The summed E-state index contributed by atoms with van der Waals surface area (Å²) in [4.78, 5) is 15.8. The summed E-state index contributed by atoms with van der Waals surface area (Å²) >= 11 is 14.9. The van der Waals surface area contributed by atoms with Crippen molar-refractivity contribution >= 4 is 50.7 Å². The Morgan fingerprint density at radius 2 is 1.89 bits per heavy atom. The van der Waals surface area contributed by atoms with E-state index in [0.717, 1.165) is 0 Å². The van der Waals surface area contributed by atoms with Crippen LogP contribution in [0.25, 0.3) is 0 Å². The van der Waals surface area contributed by atoms with Gasteiger partial charge in [-0.2, -0.15) is 0 Å². The van der Waals surface area contributed by atoms with Crippen LogP contribution in [0.4, 0.5) is 5.69 Å². The number of hydrogen-bond donors (Lipinski definition) is 2. The van der Waals surface area contributed by atoms with Crippen molar-refractivity contribution in [1.82, 2.24) is 10.4 Å². The van der Waals surface area contributed by atoms with Crippen molar-refractivity contribution in [1.29, 1.82) is 0 Å². The summed E-state index contributed by atoms with van der Waals surface area (Å²) in [6.45, 7) is 0. The Balaban J connectivity index is 2.05. The van der Waals surface area contributed by atoms with Gasteiger partial charge in [0.2, 0.25) is 0 Å². The molecular formula is C12H8BrCl2N3O. The maximum Gasteiger partial charge on any atom is 0.272 e. The van der Waals surface area contributed by atoms with Crippen LogP contribution in [0.1, 0.15) is 10.4 Å². The highest BCUT2D eigenvalue weighted by Gasteiger charge is 2.11. The average Bonchev–Trinajstić information content (AvgIpc) is 2.40. The molecule has 0 atom stereocenters. The fourth-order valence-electron chi connectivity index (χ4n) is 1.31. The summed E-state index contributed by atoms with van der Waals surface area (Å²) in [5.41, 5.74) is 6.26. The number of amides is 1. The quantitative estimate of drug-likeness (QED) is 0.644. The van der Waals surface area contributed by atoms with Gasteiger partial charge in [0.15, 0.2) is 0 Å². The van der Waals surface area contributed by atoms with Crippen LogP contribution in [-0.2, 0) is 0 Å². The number of aromatic nitrogens is 1. The lowest BCUT2D eigenvalue weighted by Gasteiger charge is -2.09. The van der Waals surface area contributed by atoms with Gasteiger partial charge in [-0.25, -0.2) is 4.98 Å². The van der Waals surface area contributed by atoms with E-state index >= 15 is 0 Å². The van der Waals surface area contributed by atoms with Crippen LogP contribution in [0.3, 0.4) is 0 Å². The molecule has 0 fully saturated rings. The molecule has 1 aromatic heterocycles. The van der Waals surface area contributed by atoms with Gasteiger partial charge in [-0.15, -0.1) is 0 Å². The fourth-order valence-corrected chi connectivity index (χ4v) is 1.96. The van der Waals surface area contributed by atoms with Crippen molar-refractivity contribution in [3.63, 3.8) is 0 Å². The Bertz CT molecular complexity index is 604. The molecule has 2 aromatic rings. The Labute approximate surface area is 128 Å². The number of nitrogens with one attached hydrogen (secondary N) is 2.